The number of nitrogens with zero attached hydrogens (tertiary/aromatic N) is 1. The van der Waals surface area contributed by atoms with Crippen LogP contribution in [-0.2, 0) is 16.0 Å². The van der Waals surface area contributed by atoms with Crippen LogP contribution in [0.3, 0.4) is 0 Å². The van der Waals surface area contributed by atoms with Gasteiger partial charge < -0.3 is 15.0 Å². The zero-order valence-corrected chi connectivity index (χ0v) is 14.7. The van der Waals surface area contributed by atoms with Crippen LogP contribution in [0.15, 0.2) is 42.6 Å². The van der Waals surface area contributed by atoms with Crippen molar-refractivity contribution in [2.45, 2.75) is 19.3 Å². The van der Waals surface area contributed by atoms with E-state index < -0.39 is 0 Å². The highest BCUT2D eigenvalue weighted by Crippen LogP contribution is 2.31. The van der Waals surface area contributed by atoms with Crippen LogP contribution in [-0.4, -0.2) is 36.1 Å². The molecule has 136 valence electrons. The fourth-order valence-corrected chi connectivity index (χ4v) is 3.02. The first-order valence-corrected chi connectivity index (χ1v) is 8.66. The van der Waals surface area contributed by atoms with Crippen molar-refractivity contribution in [2.24, 2.45) is 0 Å². The van der Waals surface area contributed by atoms with Gasteiger partial charge in [0.05, 0.1) is 18.0 Å². The van der Waals surface area contributed by atoms with Crippen molar-refractivity contribution in [3.8, 4) is 11.4 Å². The molecule has 26 heavy (non-hydrogen) atoms. The largest absolute Gasteiger partial charge is 0.383 e. The Kier molecular flexibility index (Phi) is 5.96. The number of pyridine rings is 1. The molecule has 1 aromatic carbocycles. The number of ether oxygens (including phenoxy) is 1. The number of nitrogens with one attached hydrogen (secondary N) is 2. The lowest BCUT2D eigenvalue weighted by atomic mass is 10.0. The van der Waals surface area contributed by atoms with Crippen LogP contribution in [0, 0.1) is 5.82 Å². The minimum atomic E-state index is -0.275. The third-order valence-corrected chi connectivity index (χ3v) is 4.25. The second kappa shape index (κ2) is 8.58. The highest BCUT2D eigenvalue weighted by Gasteiger charge is 2.15. The van der Waals surface area contributed by atoms with Crippen LogP contribution < -0.4 is 5.32 Å². The third kappa shape index (κ3) is 4.26. The van der Waals surface area contributed by atoms with Gasteiger partial charge in [-0.2, -0.15) is 0 Å². The summed E-state index contributed by atoms with van der Waals surface area (Å²) in [5.41, 5.74) is 3.55. The maximum absolute atomic E-state index is 13.7. The molecular formula is C20H22FN3O2. The molecule has 5 nitrogen and oxygen atoms in total. The molecule has 0 bridgehead atoms. The van der Waals surface area contributed by atoms with Gasteiger partial charge in [-0.15, -0.1) is 0 Å². The second-order valence-electron chi connectivity index (χ2n) is 6.08. The molecule has 0 aliphatic rings. The molecule has 2 heterocycles. The molecule has 3 aromatic rings. The number of methoxy groups -OCH3 is 1. The fourth-order valence-electron chi connectivity index (χ4n) is 3.02. The summed E-state index contributed by atoms with van der Waals surface area (Å²) in [5, 5.41) is 3.65. The Morgan fingerprint density at radius 2 is 2.19 bits per heavy atom. The highest BCUT2D eigenvalue weighted by atomic mass is 19.1. The Balaban J connectivity index is 1.79. The molecule has 0 saturated carbocycles. The number of halogens is 1. The first kappa shape index (κ1) is 18.1. The molecule has 0 unspecified atom stereocenters. The number of fused-ring (bicyclic) bond motifs is 1. The number of rotatable bonds is 8. The molecule has 0 saturated heterocycles. The number of carbonyl (C=O) groups excluding carboxylic acids is 1. The van der Waals surface area contributed by atoms with Crippen molar-refractivity contribution in [2.75, 3.05) is 20.3 Å². The lowest BCUT2D eigenvalue weighted by Crippen LogP contribution is -2.26. The smallest absolute Gasteiger partial charge is 0.220 e. The Bertz CT molecular complexity index is 877. The molecular weight excluding hydrogens is 333 g/mol. The van der Waals surface area contributed by atoms with Crippen molar-refractivity contribution in [3.05, 3.63) is 54.0 Å². The molecule has 0 spiro atoms. The fraction of sp³-hybridized carbons (Fsp3) is 0.300. The van der Waals surface area contributed by atoms with E-state index in [9.17, 15) is 9.18 Å². The topological polar surface area (TPSA) is 67.0 Å². The van der Waals surface area contributed by atoms with E-state index in [-0.39, 0.29) is 11.7 Å². The summed E-state index contributed by atoms with van der Waals surface area (Å²) in [6.07, 6.45) is 3.47. The number of H-pyrrole nitrogens is 1. The molecule has 0 atom stereocenters. The number of aromatic nitrogens is 2. The van der Waals surface area contributed by atoms with E-state index in [0.717, 1.165) is 27.9 Å². The molecule has 6 heteroatoms. The average molecular weight is 355 g/mol. The summed E-state index contributed by atoms with van der Waals surface area (Å²) < 4.78 is 18.7. The number of hydrogen-bond donors (Lipinski definition) is 2. The quantitative estimate of drug-likeness (QED) is 0.608. The number of carbonyl (C=O) groups is 1. The summed E-state index contributed by atoms with van der Waals surface area (Å²) in [4.78, 5) is 19.6. The van der Waals surface area contributed by atoms with Crippen LogP contribution in [0.4, 0.5) is 4.39 Å². The van der Waals surface area contributed by atoms with Gasteiger partial charge in [0, 0.05) is 37.2 Å². The highest BCUT2D eigenvalue weighted by molar-refractivity contribution is 5.90. The molecule has 0 radical (unpaired) electrons. The molecule has 2 N–H and O–H groups in total. The zero-order valence-electron chi connectivity index (χ0n) is 14.7. The van der Waals surface area contributed by atoms with Gasteiger partial charge >= 0.3 is 0 Å². The first-order valence-electron chi connectivity index (χ1n) is 8.66. The Morgan fingerprint density at radius 1 is 1.31 bits per heavy atom. The van der Waals surface area contributed by atoms with Crippen molar-refractivity contribution in [3.63, 3.8) is 0 Å². The zero-order chi connectivity index (χ0) is 18.4. The maximum atomic E-state index is 13.7. The van der Waals surface area contributed by atoms with Crippen LogP contribution in [0.25, 0.3) is 22.3 Å². The number of amides is 1. The van der Waals surface area contributed by atoms with Gasteiger partial charge in [-0.05, 0) is 48.7 Å². The van der Waals surface area contributed by atoms with Gasteiger partial charge in [-0.1, -0.05) is 6.07 Å². The van der Waals surface area contributed by atoms with E-state index in [0.29, 0.717) is 32.4 Å². The minimum absolute atomic E-state index is 0.00698. The van der Waals surface area contributed by atoms with Crippen LogP contribution in [0.2, 0.25) is 0 Å². The monoisotopic (exact) mass is 355 g/mol. The predicted molar refractivity (Wildman–Crippen MR) is 99.3 cm³/mol. The predicted octanol–water partition coefficient (Wildman–Crippen LogP) is 3.45. The molecule has 3 rings (SSSR count). The van der Waals surface area contributed by atoms with Crippen LogP contribution >= 0.6 is 0 Å². The van der Waals surface area contributed by atoms with Gasteiger partial charge in [-0.3, -0.25) is 9.78 Å². The van der Waals surface area contributed by atoms with Gasteiger partial charge in [-0.25, -0.2) is 4.39 Å². The molecule has 1 amide bonds. The summed E-state index contributed by atoms with van der Waals surface area (Å²) >= 11 is 0. The summed E-state index contributed by atoms with van der Waals surface area (Å²) in [7, 11) is 1.60. The number of aromatic amines is 1. The number of aryl methyl sites for hydroxylation is 1. The van der Waals surface area contributed by atoms with E-state index in [1.807, 2.05) is 18.2 Å². The Morgan fingerprint density at radius 3 is 2.96 bits per heavy atom. The van der Waals surface area contributed by atoms with Crippen molar-refractivity contribution >= 4 is 16.8 Å². The van der Waals surface area contributed by atoms with Crippen molar-refractivity contribution < 1.29 is 13.9 Å². The Hall–Kier alpha value is -2.73. The minimum Gasteiger partial charge on any atom is -0.383 e. The summed E-state index contributed by atoms with van der Waals surface area (Å²) in [6, 6.07) is 10.4. The number of hydrogen-bond acceptors (Lipinski definition) is 3. The normalized spacial score (nSPS) is 11.0. The van der Waals surface area contributed by atoms with Crippen LogP contribution in [0.5, 0.6) is 0 Å². The van der Waals surface area contributed by atoms with Gasteiger partial charge in [0.1, 0.15) is 5.82 Å². The SMILES string of the molecule is COCCNC(=O)CCCc1c(-c2ccccn2)[nH]c2ccc(F)cc12. The van der Waals surface area contributed by atoms with Crippen molar-refractivity contribution in [1.82, 2.24) is 15.3 Å². The van der Waals surface area contributed by atoms with E-state index in [1.165, 1.54) is 12.1 Å². The molecule has 2 aromatic heterocycles. The Labute approximate surface area is 151 Å². The third-order valence-electron chi connectivity index (χ3n) is 4.25. The number of benzene rings is 1. The van der Waals surface area contributed by atoms with E-state index >= 15 is 0 Å². The van der Waals surface area contributed by atoms with Gasteiger partial charge in [0.2, 0.25) is 5.91 Å². The van der Waals surface area contributed by atoms with Crippen molar-refractivity contribution in [1.29, 1.82) is 0 Å². The molecule has 0 aliphatic carbocycles. The second-order valence-corrected chi connectivity index (χ2v) is 6.08. The lowest BCUT2D eigenvalue weighted by Gasteiger charge is -2.06. The van der Waals surface area contributed by atoms with Crippen LogP contribution in [0.1, 0.15) is 18.4 Å². The molecule has 0 fully saturated rings. The van der Waals surface area contributed by atoms with E-state index in [4.69, 9.17) is 4.74 Å². The lowest BCUT2D eigenvalue weighted by molar-refractivity contribution is -0.121. The first-order chi connectivity index (χ1) is 12.7. The summed E-state index contributed by atoms with van der Waals surface area (Å²) in [5.74, 6) is -0.282. The van der Waals surface area contributed by atoms with E-state index in [1.54, 1.807) is 19.4 Å². The molecule has 0 aliphatic heterocycles. The standard InChI is InChI=1S/C20H22FN3O2/c1-26-12-11-23-19(25)7-4-5-15-16-13-14(21)8-9-17(16)24-20(15)18-6-2-3-10-22-18/h2-3,6,8-10,13,24H,4-5,7,11-12H2,1H3,(H,23,25). The van der Waals surface area contributed by atoms with Gasteiger partial charge in [0.25, 0.3) is 0 Å². The van der Waals surface area contributed by atoms with E-state index in [2.05, 4.69) is 15.3 Å². The maximum Gasteiger partial charge on any atom is 0.220 e. The van der Waals surface area contributed by atoms with Gasteiger partial charge in [0.15, 0.2) is 0 Å². The average Bonchev–Trinajstić information content (AvgIpc) is 3.01. The summed E-state index contributed by atoms with van der Waals surface area (Å²) in [6.45, 7) is 1.00.